The number of hydrogen-bond acceptors (Lipinski definition) is 5. The fraction of sp³-hybridized carbons (Fsp3) is 0.529. The summed E-state index contributed by atoms with van der Waals surface area (Å²) >= 11 is 0. The Hall–Kier alpha value is -1.64. The Labute approximate surface area is 160 Å². The van der Waals surface area contributed by atoms with Crippen LogP contribution in [0.2, 0.25) is 0 Å². The Balaban J connectivity index is 0.00000243. The zero-order valence-electron chi connectivity index (χ0n) is 14.5. The maximum absolute atomic E-state index is 12.2. The van der Waals surface area contributed by atoms with Crippen LogP contribution in [0.5, 0.6) is 0 Å². The number of aliphatic imine (C=N–C) groups is 1. The Morgan fingerprint density at radius 1 is 1.27 bits per heavy atom. The number of hydrogen-bond donors (Lipinski definition) is 3. The summed E-state index contributed by atoms with van der Waals surface area (Å²) in [5, 5.41) is 2.96. The SMILES string of the molecule is Cl.NCC(NC(=O)CN=C1NS(=O)(=O)c2ccccc21)C1CCCCC1. The van der Waals surface area contributed by atoms with E-state index in [0.717, 1.165) is 12.8 Å². The second-order valence-electron chi connectivity index (χ2n) is 6.57. The number of carbonyl (C=O) groups excluding carboxylic acids is 1. The van der Waals surface area contributed by atoms with E-state index in [1.807, 2.05) is 0 Å². The van der Waals surface area contributed by atoms with Crippen molar-refractivity contribution in [1.29, 1.82) is 0 Å². The van der Waals surface area contributed by atoms with Crippen LogP contribution in [0.3, 0.4) is 0 Å². The number of amides is 1. The highest BCUT2D eigenvalue weighted by Gasteiger charge is 2.30. The maximum atomic E-state index is 12.2. The minimum Gasteiger partial charge on any atom is -0.350 e. The third kappa shape index (κ3) is 4.55. The number of rotatable bonds is 5. The lowest BCUT2D eigenvalue weighted by Crippen LogP contribution is -2.46. The fourth-order valence-corrected chi connectivity index (χ4v) is 4.81. The highest BCUT2D eigenvalue weighted by Crippen LogP contribution is 2.26. The molecular weight excluding hydrogens is 376 g/mol. The van der Waals surface area contributed by atoms with Crippen molar-refractivity contribution < 1.29 is 13.2 Å². The van der Waals surface area contributed by atoms with Crippen molar-refractivity contribution in [1.82, 2.24) is 10.0 Å². The number of halogens is 1. The van der Waals surface area contributed by atoms with Crippen LogP contribution < -0.4 is 15.8 Å². The average molecular weight is 401 g/mol. The molecule has 1 aliphatic heterocycles. The highest BCUT2D eigenvalue weighted by molar-refractivity contribution is 7.90. The van der Waals surface area contributed by atoms with Crippen LogP contribution in [0.4, 0.5) is 0 Å². The lowest BCUT2D eigenvalue weighted by molar-refractivity contribution is -0.120. The number of benzene rings is 1. The first-order valence-corrected chi connectivity index (χ1v) is 10.2. The minimum atomic E-state index is -3.58. The molecule has 1 saturated carbocycles. The molecule has 9 heteroatoms. The van der Waals surface area contributed by atoms with Gasteiger partial charge in [-0.3, -0.25) is 14.5 Å². The van der Waals surface area contributed by atoms with Gasteiger partial charge >= 0.3 is 0 Å². The topological polar surface area (TPSA) is 114 Å². The van der Waals surface area contributed by atoms with E-state index in [1.165, 1.54) is 25.3 Å². The van der Waals surface area contributed by atoms with E-state index in [4.69, 9.17) is 5.73 Å². The second kappa shape index (κ2) is 8.83. The minimum absolute atomic E-state index is 0. The van der Waals surface area contributed by atoms with Gasteiger partial charge < -0.3 is 11.1 Å². The van der Waals surface area contributed by atoms with Crippen molar-refractivity contribution in [3.63, 3.8) is 0 Å². The van der Waals surface area contributed by atoms with Gasteiger partial charge in [-0.25, -0.2) is 8.42 Å². The Morgan fingerprint density at radius 3 is 2.65 bits per heavy atom. The van der Waals surface area contributed by atoms with Crippen LogP contribution in [-0.2, 0) is 14.8 Å². The molecule has 1 atom stereocenters. The molecule has 1 fully saturated rings. The molecule has 7 nitrogen and oxygen atoms in total. The first-order chi connectivity index (χ1) is 12.0. The van der Waals surface area contributed by atoms with Crippen molar-refractivity contribution in [2.75, 3.05) is 13.1 Å². The van der Waals surface area contributed by atoms with Crippen LogP contribution in [0.25, 0.3) is 0 Å². The standard InChI is InChI=1S/C17H24N4O3S.ClH/c18-10-14(12-6-2-1-3-7-12)20-16(22)11-19-17-13-8-4-5-9-15(13)25(23,24)21-17;/h4-5,8-9,12,14H,1-3,6-7,10-11,18H2,(H,19,21)(H,20,22);1H. The van der Waals surface area contributed by atoms with Gasteiger partial charge in [0.15, 0.2) is 0 Å². The molecule has 0 saturated heterocycles. The number of fused-ring (bicyclic) bond motifs is 1. The van der Waals surface area contributed by atoms with Crippen molar-refractivity contribution in [2.24, 2.45) is 16.6 Å². The summed E-state index contributed by atoms with van der Waals surface area (Å²) in [6.45, 7) is 0.276. The first kappa shape index (κ1) is 20.7. The van der Waals surface area contributed by atoms with E-state index in [-0.39, 0.29) is 41.6 Å². The summed E-state index contributed by atoms with van der Waals surface area (Å²) in [5.41, 5.74) is 6.32. The Bertz CT molecular complexity index is 776. The zero-order valence-corrected chi connectivity index (χ0v) is 16.1. The predicted octanol–water partition coefficient (Wildman–Crippen LogP) is 1.17. The highest BCUT2D eigenvalue weighted by atomic mass is 35.5. The van der Waals surface area contributed by atoms with E-state index >= 15 is 0 Å². The molecule has 1 unspecified atom stereocenters. The summed E-state index contributed by atoms with van der Waals surface area (Å²) in [7, 11) is -3.58. The van der Waals surface area contributed by atoms with Crippen molar-refractivity contribution in [3.05, 3.63) is 29.8 Å². The molecule has 0 aromatic heterocycles. The van der Waals surface area contributed by atoms with E-state index < -0.39 is 10.0 Å². The quantitative estimate of drug-likeness (QED) is 0.688. The third-order valence-corrected chi connectivity index (χ3v) is 6.26. The van der Waals surface area contributed by atoms with Crippen LogP contribution in [0.15, 0.2) is 34.2 Å². The van der Waals surface area contributed by atoms with E-state index in [2.05, 4.69) is 15.0 Å². The number of nitrogens with zero attached hydrogens (tertiary/aromatic N) is 1. The molecule has 144 valence electrons. The van der Waals surface area contributed by atoms with Gasteiger partial charge in [0, 0.05) is 18.2 Å². The van der Waals surface area contributed by atoms with Crippen LogP contribution >= 0.6 is 12.4 Å². The molecule has 1 aliphatic carbocycles. The number of sulfonamides is 1. The lowest BCUT2D eigenvalue weighted by Gasteiger charge is -2.29. The number of amidine groups is 1. The van der Waals surface area contributed by atoms with Gasteiger partial charge in [0.25, 0.3) is 10.0 Å². The summed E-state index contributed by atoms with van der Waals surface area (Å²) in [4.78, 5) is 16.6. The van der Waals surface area contributed by atoms with Crippen molar-refractivity contribution in [2.45, 2.75) is 43.0 Å². The van der Waals surface area contributed by atoms with Crippen molar-refractivity contribution in [3.8, 4) is 0 Å². The van der Waals surface area contributed by atoms with E-state index in [9.17, 15) is 13.2 Å². The average Bonchev–Trinajstić information content (AvgIpc) is 2.89. The third-order valence-electron chi connectivity index (χ3n) is 4.86. The number of nitrogens with two attached hydrogens (primary N) is 1. The summed E-state index contributed by atoms with van der Waals surface area (Å²) < 4.78 is 26.5. The molecule has 2 aliphatic rings. The normalized spacial score (nSPS) is 21.3. The maximum Gasteiger partial charge on any atom is 0.263 e. The largest absolute Gasteiger partial charge is 0.350 e. The van der Waals surface area contributed by atoms with Gasteiger partial charge in [-0.1, -0.05) is 31.4 Å². The summed E-state index contributed by atoms with van der Waals surface area (Å²) in [5.74, 6) is 0.394. The fourth-order valence-electron chi connectivity index (χ4n) is 3.56. The van der Waals surface area contributed by atoms with Crippen molar-refractivity contribution >= 4 is 34.2 Å². The lowest BCUT2D eigenvalue weighted by atomic mass is 9.84. The molecular formula is C17H25ClN4O3S. The van der Waals surface area contributed by atoms with Gasteiger partial charge in [0.05, 0.1) is 4.90 Å². The van der Waals surface area contributed by atoms with Crippen LogP contribution in [0, 0.1) is 5.92 Å². The molecule has 0 spiro atoms. The number of carbonyl (C=O) groups is 1. The summed E-state index contributed by atoms with van der Waals surface area (Å²) in [6.07, 6.45) is 5.78. The van der Waals surface area contributed by atoms with E-state index in [0.29, 0.717) is 18.0 Å². The molecule has 1 aromatic rings. The molecule has 4 N–H and O–H groups in total. The Morgan fingerprint density at radius 2 is 1.96 bits per heavy atom. The van der Waals surface area contributed by atoms with Gasteiger partial charge in [-0.2, -0.15) is 0 Å². The molecule has 1 heterocycles. The van der Waals surface area contributed by atoms with Gasteiger partial charge in [0.1, 0.15) is 12.4 Å². The van der Waals surface area contributed by atoms with Crippen LogP contribution in [-0.4, -0.2) is 39.3 Å². The zero-order chi connectivity index (χ0) is 17.9. The molecule has 0 bridgehead atoms. The first-order valence-electron chi connectivity index (χ1n) is 8.67. The van der Waals surface area contributed by atoms with E-state index in [1.54, 1.807) is 18.2 Å². The van der Waals surface area contributed by atoms with Crippen LogP contribution in [0.1, 0.15) is 37.7 Å². The number of nitrogens with one attached hydrogen (secondary N) is 2. The Kier molecular flexibility index (Phi) is 7.02. The molecule has 26 heavy (non-hydrogen) atoms. The molecule has 0 radical (unpaired) electrons. The van der Waals surface area contributed by atoms with Gasteiger partial charge in [-0.15, -0.1) is 12.4 Å². The monoisotopic (exact) mass is 400 g/mol. The van der Waals surface area contributed by atoms with Gasteiger partial charge in [-0.05, 0) is 30.9 Å². The summed E-state index contributed by atoms with van der Waals surface area (Å²) in [6, 6.07) is 6.55. The molecule has 3 rings (SSSR count). The predicted molar refractivity (Wildman–Crippen MR) is 103 cm³/mol. The van der Waals surface area contributed by atoms with Gasteiger partial charge in [0.2, 0.25) is 5.91 Å². The molecule has 1 amide bonds. The molecule has 1 aromatic carbocycles. The second-order valence-corrected chi connectivity index (χ2v) is 8.23. The smallest absolute Gasteiger partial charge is 0.263 e.